The molecule has 0 aliphatic heterocycles. The summed E-state index contributed by atoms with van der Waals surface area (Å²) in [5.41, 5.74) is 22.9. The van der Waals surface area contributed by atoms with Gasteiger partial charge in [-0.1, -0.05) is 230 Å². The van der Waals surface area contributed by atoms with Crippen molar-refractivity contribution < 1.29 is 0 Å². The van der Waals surface area contributed by atoms with Crippen LogP contribution in [0.25, 0.3) is 45.6 Å². The molecule has 0 saturated heterocycles. The molecule has 0 aliphatic carbocycles. The van der Waals surface area contributed by atoms with Crippen molar-refractivity contribution in [1.82, 2.24) is 0 Å². The van der Waals surface area contributed by atoms with E-state index in [1.807, 2.05) is 0 Å². The maximum Gasteiger partial charge on any atom is 0.0540 e. The Balaban J connectivity index is 0.986. The molecule has 0 atom stereocenters. The lowest BCUT2D eigenvalue weighted by atomic mass is 9.95. The minimum Gasteiger partial charge on any atom is -0.311 e. The van der Waals surface area contributed by atoms with Gasteiger partial charge in [-0.25, -0.2) is 0 Å². The maximum atomic E-state index is 2.38. The standard InChI is InChI=1S/C72H56N2/c1-53-28-39-67(40-29-53)74(68-41-30-54(2)31-42-68)72-49-38-63(52-71(72)62-26-16-7-17-27-62)57-36-47-66(48-37-57)73(64-43-32-55(33-44-64)50-69(58-18-8-3-9-19-58)59-20-10-4-11-21-59)65-45-34-56(35-46-65)51-70(60-22-12-5-13-23-60)61-24-14-6-15-25-61/h3-52H,1-2H3. The minimum atomic E-state index is 1.06. The van der Waals surface area contributed by atoms with Gasteiger partial charge in [0.15, 0.2) is 0 Å². The Morgan fingerprint density at radius 3 is 0.959 bits per heavy atom. The zero-order chi connectivity index (χ0) is 50.1. The highest BCUT2D eigenvalue weighted by Crippen LogP contribution is 2.44. The summed E-state index contributed by atoms with van der Waals surface area (Å²) in [5.74, 6) is 0. The molecule has 74 heavy (non-hydrogen) atoms. The fourth-order valence-electron chi connectivity index (χ4n) is 9.73. The molecule has 0 aliphatic rings. The number of hydrogen-bond acceptors (Lipinski definition) is 2. The molecule has 0 aromatic heterocycles. The number of hydrogen-bond donors (Lipinski definition) is 0. The summed E-state index contributed by atoms with van der Waals surface area (Å²) in [6.07, 6.45) is 4.59. The summed E-state index contributed by atoms with van der Waals surface area (Å²) in [6, 6.07) is 105. The van der Waals surface area contributed by atoms with Gasteiger partial charge in [-0.05, 0) is 160 Å². The SMILES string of the molecule is Cc1ccc(N(c2ccc(C)cc2)c2ccc(-c3ccc(N(c4ccc(C=C(c5ccccc5)c5ccccc5)cc4)c4ccc(C=C(c5ccccc5)c5ccccc5)cc4)cc3)cc2-c2ccccc2)cc1. The first-order valence-electron chi connectivity index (χ1n) is 25.4. The summed E-state index contributed by atoms with van der Waals surface area (Å²) in [4.78, 5) is 4.73. The predicted octanol–water partition coefficient (Wildman–Crippen LogP) is 19.8. The molecule has 0 unspecified atom stereocenters. The van der Waals surface area contributed by atoms with Crippen molar-refractivity contribution in [1.29, 1.82) is 0 Å². The molecular formula is C72H56N2. The molecule has 0 spiro atoms. The van der Waals surface area contributed by atoms with E-state index in [9.17, 15) is 0 Å². The fraction of sp³-hybridized carbons (Fsp3) is 0.0278. The third-order valence-corrected chi connectivity index (χ3v) is 13.6. The second-order valence-electron chi connectivity index (χ2n) is 18.7. The number of rotatable bonds is 14. The van der Waals surface area contributed by atoms with E-state index in [1.165, 1.54) is 44.5 Å². The van der Waals surface area contributed by atoms with Crippen molar-refractivity contribution >= 4 is 57.4 Å². The van der Waals surface area contributed by atoms with Gasteiger partial charge in [-0.3, -0.25) is 0 Å². The smallest absolute Gasteiger partial charge is 0.0540 e. The number of benzene rings is 11. The van der Waals surface area contributed by atoms with Crippen molar-refractivity contribution in [3.05, 3.63) is 336 Å². The van der Waals surface area contributed by atoms with Crippen LogP contribution in [0, 0.1) is 13.8 Å². The topological polar surface area (TPSA) is 6.48 Å². The Kier molecular flexibility index (Phi) is 13.8. The molecular weight excluding hydrogens is 893 g/mol. The maximum absolute atomic E-state index is 2.38. The van der Waals surface area contributed by atoms with Crippen molar-refractivity contribution in [3.8, 4) is 22.3 Å². The van der Waals surface area contributed by atoms with Crippen LogP contribution in [0.1, 0.15) is 44.5 Å². The Labute approximate surface area is 436 Å². The van der Waals surface area contributed by atoms with Crippen LogP contribution in [0.4, 0.5) is 34.1 Å². The quantitative estimate of drug-likeness (QED) is 0.100. The zero-order valence-corrected chi connectivity index (χ0v) is 41.8. The van der Waals surface area contributed by atoms with Crippen LogP contribution in [-0.2, 0) is 0 Å². The van der Waals surface area contributed by atoms with Gasteiger partial charge in [-0.2, -0.15) is 0 Å². The highest BCUT2D eigenvalue weighted by molar-refractivity contribution is 5.94. The van der Waals surface area contributed by atoms with Gasteiger partial charge >= 0.3 is 0 Å². The molecule has 0 amide bonds. The third kappa shape index (κ3) is 10.6. The van der Waals surface area contributed by atoms with Gasteiger partial charge in [0.1, 0.15) is 0 Å². The fourth-order valence-corrected chi connectivity index (χ4v) is 9.73. The van der Waals surface area contributed by atoms with Gasteiger partial charge in [0.2, 0.25) is 0 Å². The van der Waals surface area contributed by atoms with E-state index in [4.69, 9.17) is 0 Å². The normalized spacial score (nSPS) is 10.8. The largest absolute Gasteiger partial charge is 0.311 e. The summed E-state index contributed by atoms with van der Waals surface area (Å²) >= 11 is 0. The number of aryl methyl sites for hydroxylation is 2. The first kappa shape index (κ1) is 46.9. The lowest BCUT2D eigenvalue weighted by molar-refractivity contribution is 1.27. The van der Waals surface area contributed by atoms with E-state index >= 15 is 0 Å². The average molecular weight is 949 g/mol. The van der Waals surface area contributed by atoms with Gasteiger partial charge < -0.3 is 9.80 Å². The first-order valence-corrected chi connectivity index (χ1v) is 25.4. The predicted molar refractivity (Wildman–Crippen MR) is 316 cm³/mol. The molecule has 11 rings (SSSR count). The van der Waals surface area contributed by atoms with Crippen LogP contribution in [0.15, 0.2) is 291 Å². The number of nitrogens with zero attached hydrogens (tertiary/aromatic N) is 2. The molecule has 354 valence electrons. The van der Waals surface area contributed by atoms with Gasteiger partial charge in [0, 0.05) is 34.0 Å². The van der Waals surface area contributed by atoms with E-state index in [0.29, 0.717) is 0 Å². The molecule has 11 aromatic carbocycles. The van der Waals surface area contributed by atoms with Crippen LogP contribution in [0.2, 0.25) is 0 Å². The third-order valence-electron chi connectivity index (χ3n) is 13.6. The monoisotopic (exact) mass is 948 g/mol. The molecule has 0 fully saturated rings. The number of anilines is 6. The zero-order valence-electron chi connectivity index (χ0n) is 41.8. The van der Waals surface area contributed by atoms with Crippen molar-refractivity contribution in [3.63, 3.8) is 0 Å². The molecule has 0 heterocycles. The van der Waals surface area contributed by atoms with Crippen molar-refractivity contribution in [2.75, 3.05) is 9.80 Å². The molecule has 0 saturated carbocycles. The van der Waals surface area contributed by atoms with Crippen LogP contribution >= 0.6 is 0 Å². The summed E-state index contributed by atoms with van der Waals surface area (Å²) < 4.78 is 0. The molecule has 0 N–H and O–H groups in total. The van der Waals surface area contributed by atoms with Crippen molar-refractivity contribution in [2.24, 2.45) is 0 Å². The van der Waals surface area contributed by atoms with E-state index in [2.05, 4.69) is 327 Å². The van der Waals surface area contributed by atoms with Crippen molar-refractivity contribution in [2.45, 2.75) is 13.8 Å². The van der Waals surface area contributed by atoms with Gasteiger partial charge in [0.25, 0.3) is 0 Å². The van der Waals surface area contributed by atoms with Crippen LogP contribution in [0.3, 0.4) is 0 Å². The Bertz CT molecular complexity index is 3380. The van der Waals surface area contributed by atoms with Crippen LogP contribution < -0.4 is 9.80 Å². The van der Waals surface area contributed by atoms with E-state index in [-0.39, 0.29) is 0 Å². The second kappa shape index (κ2) is 21.9. The molecule has 0 radical (unpaired) electrons. The van der Waals surface area contributed by atoms with E-state index in [0.717, 1.165) is 67.5 Å². The van der Waals surface area contributed by atoms with Crippen LogP contribution in [0.5, 0.6) is 0 Å². The Morgan fingerprint density at radius 1 is 0.270 bits per heavy atom. The molecule has 2 nitrogen and oxygen atoms in total. The summed E-state index contributed by atoms with van der Waals surface area (Å²) in [7, 11) is 0. The highest BCUT2D eigenvalue weighted by Gasteiger charge is 2.20. The van der Waals surface area contributed by atoms with E-state index < -0.39 is 0 Å². The Morgan fingerprint density at radius 2 is 0.581 bits per heavy atom. The van der Waals surface area contributed by atoms with Gasteiger partial charge in [0.05, 0.1) is 5.69 Å². The second-order valence-corrected chi connectivity index (χ2v) is 18.7. The van der Waals surface area contributed by atoms with E-state index in [1.54, 1.807) is 0 Å². The molecule has 2 heteroatoms. The highest BCUT2D eigenvalue weighted by atomic mass is 15.1. The molecule has 0 bridgehead atoms. The summed E-state index contributed by atoms with van der Waals surface area (Å²) in [5, 5.41) is 0. The lowest BCUT2D eigenvalue weighted by Crippen LogP contribution is -2.11. The minimum absolute atomic E-state index is 1.06. The molecule has 11 aromatic rings. The lowest BCUT2D eigenvalue weighted by Gasteiger charge is -2.29. The first-order chi connectivity index (χ1) is 36.5. The Hall–Kier alpha value is -9.50. The van der Waals surface area contributed by atoms with Crippen LogP contribution in [-0.4, -0.2) is 0 Å². The summed E-state index contributed by atoms with van der Waals surface area (Å²) in [6.45, 7) is 4.28. The van der Waals surface area contributed by atoms with Gasteiger partial charge in [-0.15, -0.1) is 0 Å². The average Bonchev–Trinajstić information content (AvgIpc) is 3.47.